The standard InChI is InChI=1S/C19H28N2O3S/c1-5-6-7-16-15(14(4)24-21-16)9-11-18-20-13(3)19(25-18)17(23)10-8-12(2)22/h12,22H,5-11H2,1-4H3. The van der Waals surface area contributed by atoms with Gasteiger partial charge < -0.3 is 9.63 Å². The van der Waals surface area contributed by atoms with Gasteiger partial charge >= 0.3 is 0 Å². The molecule has 0 bridgehead atoms. The van der Waals surface area contributed by atoms with Crippen LogP contribution < -0.4 is 0 Å². The predicted octanol–water partition coefficient (Wildman–Crippen LogP) is 4.22. The van der Waals surface area contributed by atoms with E-state index in [0.29, 0.717) is 12.8 Å². The molecule has 0 radical (unpaired) electrons. The number of nitrogens with zero attached hydrogens (tertiary/aromatic N) is 2. The highest BCUT2D eigenvalue weighted by Gasteiger charge is 2.17. The van der Waals surface area contributed by atoms with Crippen molar-refractivity contribution in [2.75, 3.05) is 0 Å². The number of carbonyl (C=O) groups is 1. The first-order valence-corrected chi connectivity index (χ1v) is 9.85. The number of thiazole rings is 1. The van der Waals surface area contributed by atoms with E-state index in [4.69, 9.17) is 4.52 Å². The minimum Gasteiger partial charge on any atom is -0.393 e. The molecule has 0 spiro atoms. The van der Waals surface area contributed by atoms with E-state index in [0.717, 1.165) is 59.1 Å². The van der Waals surface area contributed by atoms with Crippen LogP contribution in [-0.4, -0.2) is 27.1 Å². The Morgan fingerprint density at radius 3 is 2.72 bits per heavy atom. The van der Waals surface area contributed by atoms with Crippen LogP contribution in [0.25, 0.3) is 0 Å². The molecule has 5 nitrogen and oxygen atoms in total. The molecule has 0 aliphatic heterocycles. The second kappa shape index (κ2) is 9.25. The zero-order valence-corrected chi connectivity index (χ0v) is 16.4. The number of Topliss-reactive ketones (excluding diaryl/α,β-unsaturated/α-hetero) is 1. The summed E-state index contributed by atoms with van der Waals surface area (Å²) in [6.45, 7) is 7.71. The molecular formula is C19H28N2O3S. The molecule has 2 aromatic rings. The molecule has 0 amide bonds. The Morgan fingerprint density at radius 2 is 2.04 bits per heavy atom. The Bertz CT molecular complexity index is 704. The van der Waals surface area contributed by atoms with E-state index in [1.165, 1.54) is 16.9 Å². The molecule has 0 aliphatic carbocycles. The summed E-state index contributed by atoms with van der Waals surface area (Å²) in [5, 5.41) is 14.5. The highest BCUT2D eigenvalue weighted by Crippen LogP contribution is 2.24. The maximum atomic E-state index is 12.3. The molecule has 1 atom stereocenters. The number of carbonyl (C=O) groups excluding carboxylic acids is 1. The van der Waals surface area contributed by atoms with Crippen LogP contribution in [0.15, 0.2) is 4.52 Å². The molecule has 0 saturated carbocycles. The number of unbranched alkanes of at least 4 members (excludes halogenated alkanes) is 1. The lowest BCUT2D eigenvalue weighted by Crippen LogP contribution is -2.05. The third-order valence-corrected chi connectivity index (χ3v) is 5.56. The molecular weight excluding hydrogens is 336 g/mol. The molecule has 1 unspecified atom stereocenters. The fourth-order valence-electron chi connectivity index (χ4n) is 2.80. The third kappa shape index (κ3) is 5.47. The summed E-state index contributed by atoms with van der Waals surface area (Å²) in [7, 11) is 0. The lowest BCUT2D eigenvalue weighted by Gasteiger charge is -2.02. The number of ketones is 1. The Morgan fingerprint density at radius 1 is 1.28 bits per heavy atom. The van der Waals surface area contributed by atoms with E-state index in [2.05, 4.69) is 17.1 Å². The van der Waals surface area contributed by atoms with Gasteiger partial charge in [-0.3, -0.25) is 4.79 Å². The van der Waals surface area contributed by atoms with E-state index in [-0.39, 0.29) is 5.78 Å². The first-order valence-electron chi connectivity index (χ1n) is 9.04. The molecule has 2 aromatic heterocycles. The minimum absolute atomic E-state index is 0.0759. The van der Waals surface area contributed by atoms with Crippen LogP contribution in [0.3, 0.4) is 0 Å². The first kappa shape index (κ1) is 19.8. The fraction of sp³-hybridized carbons (Fsp3) is 0.632. The summed E-state index contributed by atoms with van der Waals surface area (Å²) in [6, 6.07) is 0. The van der Waals surface area contributed by atoms with Crippen LogP contribution in [0.5, 0.6) is 0 Å². The van der Waals surface area contributed by atoms with Gasteiger partial charge in [-0.2, -0.15) is 0 Å². The Labute approximate surface area is 153 Å². The van der Waals surface area contributed by atoms with Crippen LogP contribution in [0.1, 0.15) is 76.9 Å². The fourth-order valence-corrected chi connectivity index (χ4v) is 3.83. The van der Waals surface area contributed by atoms with Gasteiger partial charge in [0.05, 0.1) is 27.4 Å². The van der Waals surface area contributed by atoms with Crippen LogP contribution in [0.2, 0.25) is 0 Å². The van der Waals surface area contributed by atoms with E-state index < -0.39 is 6.10 Å². The molecule has 0 aromatic carbocycles. The number of hydrogen-bond donors (Lipinski definition) is 1. The molecule has 2 heterocycles. The van der Waals surface area contributed by atoms with Gasteiger partial charge in [-0.25, -0.2) is 4.98 Å². The summed E-state index contributed by atoms with van der Waals surface area (Å²) in [6.07, 6.45) is 5.22. The minimum atomic E-state index is -0.449. The van der Waals surface area contributed by atoms with Crippen molar-refractivity contribution >= 4 is 17.1 Å². The van der Waals surface area contributed by atoms with Crippen molar-refractivity contribution in [2.45, 2.75) is 78.7 Å². The van der Waals surface area contributed by atoms with Crippen molar-refractivity contribution in [1.29, 1.82) is 0 Å². The number of aryl methyl sites for hydroxylation is 4. The zero-order valence-electron chi connectivity index (χ0n) is 15.6. The van der Waals surface area contributed by atoms with Crippen LogP contribution in [0, 0.1) is 13.8 Å². The molecule has 25 heavy (non-hydrogen) atoms. The van der Waals surface area contributed by atoms with Crippen LogP contribution >= 0.6 is 11.3 Å². The average molecular weight is 365 g/mol. The third-order valence-electron chi connectivity index (χ3n) is 4.31. The summed E-state index contributed by atoms with van der Waals surface area (Å²) < 4.78 is 5.36. The maximum absolute atomic E-state index is 12.3. The molecule has 2 rings (SSSR count). The SMILES string of the molecule is CCCCc1noc(C)c1CCc1nc(C)c(C(=O)CCC(C)O)s1. The zero-order chi connectivity index (χ0) is 18.4. The monoisotopic (exact) mass is 364 g/mol. The van der Waals surface area contributed by atoms with E-state index in [9.17, 15) is 9.90 Å². The van der Waals surface area contributed by atoms with Crippen molar-refractivity contribution in [1.82, 2.24) is 10.1 Å². The number of hydrogen-bond acceptors (Lipinski definition) is 6. The lowest BCUT2D eigenvalue weighted by molar-refractivity contribution is 0.0952. The Kier molecular flexibility index (Phi) is 7.32. The summed E-state index contributed by atoms with van der Waals surface area (Å²) in [5.41, 5.74) is 3.04. The second-order valence-electron chi connectivity index (χ2n) is 6.60. The average Bonchev–Trinajstić information content (AvgIpc) is 3.11. The second-order valence-corrected chi connectivity index (χ2v) is 7.68. The molecule has 0 fully saturated rings. The Balaban J connectivity index is 2.01. The largest absolute Gasteiger partial charge is 0.393 e. The highest BCUT2D eigenvalue weighted by atomic mass is 32.1. The molecule has 0 saturated heterocycles. The van der Waals surface area contributed by atoms with E-state index in [1.54, 1.807) is 6.92 Å². The maximum Gasteiger partial charge on any atom is 0.174 e. The summed E-state index contributed by atoms with van der Waals surface area (Å²) in [5.74, 6) is 0.958. The summed E-state index contributed by atoms with van der Waals surface area (Å²) in [4.78, 5) is 17.6. The van der Waals surface area contributed by atoms with Gasteiger partial charge in [0, 0.05) is 18.4 Å². The molecule has 0 aliphatic rings. The van der Waals surface area contributed by atoms with Gasteiger partial charge in [0.1, 0.15) is 5.76 Å². The highest BCUT2D eigenvalue weighted by molar-refractivity contribution is 7.13. The van der Waals surface area contributed by atoms with Crippen molar-refractivity contribution in [2.24, 2.45) is 0 Å². The molecule has 1 N–H and O–H groups in total. The topological polar surface area (TPSA) is 76.2 Å². The number of rotatable bonds is 10. The van der Waals surface area contributed by atoms with Crippen LogP contribution in [-0.2, 0) is 19.3 Å². The number of aliphatic hydroxyl groups excluding tert-OH is 1. The van der Waals surface area contributed by atoms with Gasteiger partial charge in [-0.15, -0.1) is 11.3 Å². The smallest absolute Gasteiger partial charge is 0.174 e. The predicted molar refractivity (Wildman–Crippen MR) is 99.4 cm³/mol. The van der Waals surface area contributed by atoms with Crippen molar-refractivity contribution in [3.8, 4) is 0 Å². The summed E-state index contributed by atoms with van der Waals surface area (Å²) >= 11 is 1.48. The van der Waals surface area contributed by atoms with Crippen LogP contribution in [0.4, 0.5) is 0 Å². The number of aromatic nitrogens is 2. The lowest BCUT2D eigenvalue weighted by atomic mass is 10.0. The molecule has 138 valence electrons. The van der Waals surface area contributed by atoms with Gasteiger partial charge in [0.25, 0.3) is 0 Å². The van der Waals surface area contributed by atoms with Gasteiger partial charge in [-0.1, -0.05) is 18.5 Å². The quantitative estimate of drug-likeness (QED) is 0.639. The van der Waals surface area contributed by atoms with E-state index in [1.807, 2.05) is 13.8 Å². The Hall–Kier alpha value is -1.53. The van der Waals surface area contributed by atoms with Gasteiger partial charge in [0.2, 0.25) is 0 Å². The number of aliphatic hydroxyl groups is 1. The normalized spacial score (nSPS) is 12.5. The van der Waals surface area contributed by atoms with Gasteiger partial charge in [-0.05, 0) is 46.5 Å². The molecule has 6 heteroatoms. The van der Waals surface area contributed by atoms with Crippen molar-refractivity contribution in [3.63, 3.8) is 0 Å². The first-order chi connectivity index (χ1) is 11.9. The van der Waals surface area contributed by atoms with Crippen molar-refractivity contribution in [3.05, 3.63) is 32.6 Å². The van der Waals surface area contributed by atoms with Crippen molar-refractivity contribution < 1.29 is 14.4 Å². The van der Waals surface area contributed by atoms with E-state index >= 15 is 0 Å². The van der Waals surface area contributed by atoms with Gasteiger partial charge in [0.15, 0.2) is 5.78 Å².